The number of aromatic nitrogens is 2. The van der Waals surface area contributed by atoms with Gasteiger partial charge in [0.15, 0.2) is 0 Å². The maximum Gasteiger partial charge on any atom is 0.109 e. The third-order valence-corrected chi connectivity index (χ3v) is 4.70. The Kier molecular flexibility index (Phi) is 4.06. The molecule has 2 unspecified atom stereocenters. The van der Waals surface area contributed by atoms with E-state index in [1.165, 1.54) is 37.0 Å². The van der Waals surface area contributed by atoms with Gasteiger partial charge in [0.2, 0.25) is 0 Å². The van der Waals surface area contributed by atoms with E-state index in [1.54, 1.807) is 0 Å². The minimum atomic E-state index is 0.675. The van der Waals surface area contributed by atoms with Crippen LogP contribution in [0.25, 0.3) is 11.0 Å². The van der Waals surface area contributed by atoms with E-state index >= 15 is 0 Å². The Morgan fingerprint density at radius 3 is 2.85 bits per heavy atom. The normalized spacial score (nSPS) is 23.3. The van der Waals surface area contributed by atoms with Gasteiger partial charge in [-0.2, -0.15) is 0 Å². The molecule has 108 valence electrons. The summed E-state index contributed by atoms with van der Waals surface area (Å²) in [5.74, 6) is 1.97. The van der Waals surface area contributed by atoms with E-state index in [0.29, 0.717) is 6.04 Å². The van der Waals surface area contributed by atoms with Gasteiger partial charge in [-0.1, -0.05) is 31.9 Å². The molecule has 1 aliphatic rings. The highest BCUT2D eigenvalue weighted by molar-refractivity contribution is 5.75. The van der Waals surface area contributed by atoms with Crippen molar-refractivity contribution in [3.8, 4) is 0 Å². The number of imidazole rings is 1. The van der Waals surface area contributed by atoms with Gasteiger partial charge >= 0.3 is 0 Å². The molecule has 1 N–H and O–H groups in total. The molecule has 1 saturated carbocycles. The zero-order valence-corrected chi connectivity index (χ0v) is 12.6. The fourth-order valence-corrected chi connectivity index (χ4v) is 3.60. The molecule has 0 amide bonds. The molecule has 3 nitrogen and oxygen atoms in total. The largest absolute Gasteiger partial charge is 0.331 e. The standard InChI is InChI=1S/C17H25N3/c1-3-18-14-9-5-4-8-13(14)12-17-19-15-10-6-7-11-16(15)20(17)2/h6-7,10-11,13-14,18H,3-5,8-9,12H2,1-2H3. The van der Waals surface area contributed by atoms with Crippen LogP contribution in [0.5, 0.6) is 0 Å². The fourth-order valence-electron chi connectivity index (χ4n) is 3.60. The number of nitrogens with zero attached hydrogens (tertiary/aromatic N) is 2. The molecule has 0 radical (unpaired) electrons. The van der Waals surface area contributed by atoms with Crippen LogP contribution in [0.4, 0.5) is 0 Å². The number of fused-ring (bicyclic) bond motifs is 1. The zero-order valence-electron chi connectivity index (χ0n) is 12.6. The number of hydrogen-bond acceptors (Lipinski definition) is 2. The maximum atomic E-state index is 4.84. The number of para-hydroxylation sites is 2. The lowest BCUT2D eigenvalue weighted by Gasteiger charge is -2.32. The van der Waals surface area contributed by atoms with Gasteiger partial charge in [0.25, 0.3) is 0 Å². The first kappa shape index (κ1) is 13.6. The van der Waals surface area contributed by atoms with Gasteiger partial charge in [0, 0.05) is 19.5 Å². The van der Waals surface area contributed by atoms with Crippen molar-refractivity contribution in [1.29, 1.82) is 0 Å². The second kappa shape index (κ2) is 5.96. The van der Waals surface area contributed by atoms with Crippen LogP contribution in [0.2, 0.25) is 0 Å². The molecule has 2 aromatic rings. The van der Waals surface area contributed by atoms with Gasteiger partial charge in [-0.05, 0) is 37.4 Å². The van der Waals surface area contributed by atoms with Crippen molar-refractivity contribution in [2.24, 2.45) is 13.0 Å². The number of benzene rings is 1. The topological polar surface area (TPSA) is 29.9 Å². The Labute approximate surface area is 121 Å². The molecule has 1 heterocycles. The van der Waals surface area contributed by atoms with E-state index in [9.17, 15) is 0 Å². The molecule has 1 aliphatic carbocycles. The lowest BCUT2D eigenvalue weighted by molar-refractivity contribution is 0.260. The van der Waals surface area contributed by atoms with Crippen LogP contribution >= 0.6 is 0 Å². The summed E-state index contributed by atoms with van der Waals surface area (Å²) in [5.41, 5.74) is 2.37. The van der Waals surface area contributed by atoms with E-state index in [2.05, 4.69) is 48.1 Å². The number of hydrogen-bond donors (Lipinski definition) is 1. The SMILES string of the molecule is CCNC1CCCCC1Cc1nc2ccccc2n1C. The van der Waals surface area contributed by atoms with Crippen LogP contribution < -0.4 is 5.32 Å². The molecule has 2 atom stereocenters. The van der Waals surface area contributed by atoms with Crippen molar-refractivity contribution in [2.45, 2.75) is 45.1 Å². The summed E-state index contributed by atoms with van der Waals surface area (Å²) in [6.45, 7) is 3.28. The summed E-state index contributed by atoms with van der Waals surface area (Å²) in [4.78, 5) is 4.84. The maximum absolute atomic E-state index is 4.84. The highest BCUT2D eigenvalue weighted by Crippen LogP contribution is 2.28. The first-order valence-electron chi connectivity index (χ1n) is 7.93. The van der Waals surface area contributed by atoms with Crippen molar-refractivity contribution in [2.75, 3.05) is 6.54 Å². The van der Waals surface area contributed by atoms with Gasteiger partial charge < -0.3 is 9.88 Å². The van der Waals surface area contributed by atoms with Crippen LogP contribution in [-0.4, -0.2) is 22.1 Å². The van der Waals surface area contributed by atoms with Crippen molar-refractivity contribution in [3.63, 3.8) is 0 Å². The molecule has 1 fully saturated rings. The molecule has 0 saturated heterocycles. The minimum absolute atomic E-state index is 0.675. The van der Waals surface area contributed by atoms with Crippen molar-refractivity contribution < 1.29 is 0 Å². The van der Waals surface area contributed by atoms with Crippen LogP contribution in [0.15, 0.2) is 24.3 Å². The van der Waals surface area contributed by atoms with Gasteiger partial charge in [-0.15, -0.1) is 0 Å². The molecular formula is C17H25N3. The van der Waals surface area contributed by atoms with Gasteiger partial charge in [-0.3, -0.25) is 0 Å². The van der Waals surface area contributed by atoms with E-state index in [0.717, 1.165) is 24.4 Å². The number of nitrogens with one attached hydrogen (secondary N) is 1. The van der Waals surface area contributed by atoms with Crippen LogP contribution in [0.3, 0.4) is 0 Å². The summed E-state index contributed by atoms with van der Waals surface area (Å²) in [7, 11) is 2.15. The van der Waals surface area contributed by atoms with Crippen molar-refractivity contribution in [3.05, 3.63) is 30.1 Å². The van der Waals surface area contributed by atoms with Crippen molar-refractivity contribution >= 4 is 11.0 Å². The molecule has 3 heteroatoms. The van der Waals surface area contributed by atoms with Crippen LogP contribution in [-0.2, 0) is 13.5 Å². The lowest BCUT2D eigenvalue weighted by atomic mass is 9.82. The summed E-state index contributed by atoms with van der Waals surface area (Å²) < 4.78 is 2.27. The summed E-state index contributed by atoms with van der Waals surface area (Å²) >= 11 is 0. The monoisotopic (exact) mass is 271 g/mol. The molecular weight excluding hydrogens is 246 g/mol. The van der Waals surface area contributed by atoms with Crippen molar-refractivity contribution in [1.82, 2.24) is 14.9 Å². The van der Waals surface area contributed by atoms with Gasteiger partial charge in [-0.25, -0.2) is 4.98 Å². The third-order valence-electron chi connectivity index (χ3n) is 4.70. The minimum Gasteiger partial charge on any atom is -0.331 e. The van der Waals surface area contributed by atoms with E-state index < -0.39 is 0 Å². The summed E-state index contributed by atoms with van der Waals surface area (Å²) in [6, 6.07) is 9.11. The van der Waals surface area contributed by atoms with Crippen LogP contribution in [0, 0.1) is 5.92 Å². The number of aryl methyl sites for hydroxylation is 1. The molecule has 20 heavy (non-hydrogen) atoms. The third kappa shape index (κ3) is 2.59. The molecule has 3 rings (SSSR count). The highest BCUT2D eigenvalue weighted by atomic mass is 15.1. The molecule has 0 bridgehead atoms. The fraction of sp³-hybridized carbons (Fsp3) is 0.588. The Morgan fingerprint density at radius 2 is 2.05 bits per heavy atom. The second-order valence-electron chi connectivity index (χ2n) is 5.99. The Bertz CT molecular complexity index is 571. The number of rotatable bonds is 4. The smallest absolute Gasteiger partial charge is 0.109 e. The quantitative estimate of drug-likeness (QED) is 0.925. The average molecular weight is 271 g/mol. The molecule has 0 aliphatic heterocycles. The van der Waals surface area contributed by atoms with Gasteiger partial charge in [0.1, 0.15) is 5.82 Å². The van der Waals surface area contributed by atoms with Crippen LogP contribution in [0.1, 0.15) is 38.4 Å². The Balaban J connectivity index is 1.82. The molecule has 0 spiro atoms. The zero-order chi connectivity index (χ0) is 13.9. The first-order valence-corrected chi connectivity index (χ1v) is 7.93. The van der Waals surface area contributed by atoms with Gasteiger partial charge in [0.05, 0.1) is 11.0 Å². The summed E-state index contributed by atoms with van der Waals surface area (Å²) in [5, 5.41) is 3.67. The predicted molar refractivity (Wildman–Crippen MR) is 83.8 cm³/mol. The first-order chi connectivity index (χ1) is 9.79. The Hall–Kier alpha value is -1.35. The van der Waals surface area contributed by atoms with E-state index in [-0.39, 0.29) is 0 Å². The average Bonchev–Trinajstić information content (AvgIpc) is 2.79. The van der Waals surface area contributed by atoms with E-state index in [1.807, 2.05) is 0 Å². The predicted octanol–water partition coefficient (Wildman–Crippen LogP) is 3.28. The highest BCUT2D eigenvalue weighted by Gasteiger charge is 2.26. The Morgan fingerprint density at radius 1 is 1.25 bits per heavy atom. The van der Waals surface area contributed by atoms with E-state index in [4.69, 9.17) is 4.98 Å². The lowest BCUT2D eigenvalue weighted by Crippen LogP contribution is -2.39. The molecule has 1 aromatic carbocycles. The molecule has 1 aromatic heterocycles. The second-order valence-corrected chi connectivity index (χ2v) is 5.99. The summed E-state index contributed by atoms with van der Waals surface area (Å²) in [6.07, 6.45) is 6.50.